The van der Waals surface area contributed by atoms with E-state index in [0.29, 0.717) is 18.2 Å². The summed E-state index contributed by atoms with van der Waals surface area (Å²) in [7, 11) is 0. The standard InChI is InChI=1S/C20H14F6N2O8/c21-12-4-1-10(2-5-12)8-18(16(30)31,17(32)33)27-15(29)11-3-6-13(28(34)35)14(7-11)36-9-19(22,23)20(24,25)26/h1-7H,8-9H2,(H,27,29)(H,30,31)(H,32,33). The highest BCUT2D eigenvalue weighted by atomic mass is 19.4. The summed E-state index contributed by atoms with van der Waals surface area (Å²) in [6.45, 7) is -2.39. The van der Waals surface area contributed by atoms with Crippen molar-refractivity contribution in [1.82, 2.24) is 5.32 Å². The lowest BCUT2D eigenvalue weighted by Gasteiger charge is -2.26. The molecular weight excluding hydrogens is 510 g/mol. The summed E-state index contributed by atoms with van der Waals surface area (Å²) in [6, 6.07) is 5.39. The number of nitrogens with zero attached hydrogens (tertiary/aromatic N) is 1. The predicted molar refractivity (Wildman–Crippen MR) is 105 cm³/mol. The average molecular weight is 524 g/mol. The summed E-state index contributed by atoms with van der Waals surface area (Å²) in [4.78, 5) is 46.2. The van der Waals surface area contributed by atoms with Crippen LogP contribution in [0.15, 0.2) is 42.5 Å². The summed E-state index contributed by atoms with van der Waals surface area (Å²) in [5.41, 5.74) is -4.97. The molecule has 0 unspecified atom stereocenters. The third-order valence-corrected chi connectivity index (χ3v) is 4.68. The Balaban J connectivity index is 2.43. The number of nitro benzene ring substituents is 1. The minimum absolute atomic E-state index is 0.0383. The smallest absolute Gasteiger partial charge is 0.456 e. The maximum Gasteiger partial charge on any atom is 0.456 e. The first kappa shape index (κ1) is 27.9. The molecule has 0 radical (unpaired) electrons. The molecule has 0 bridgehead atoms. The van der Waals surface area contributed by atoms with Gasteiger partial charge in [0.25, 0.3) is 5.91 Å². The number of carboxylic acid groups (broad SMARTS) is 2. The van der Waals surface area contributed by atoms with E-state index in [1.54, 1.807) is 5.32 Å². The number of hydrogen-bond donors (Lipinski definition) is 3. The van der Waals surface area contributed by atoms with Crippen molar-refractivity contribution in [1.29, 1.82) is 0 Å². The van der Waals surface area contributed by atoms with Crippen LogP contribution < -0.4 is 10.1 Å². The minimum Gasteiger partial charge on any atom is -0.480 e. The Bertz CT molecular complexity index is 1170. The number of rotatable bonds is 10. The normalized spacial score (nSPS) is 12.1. The number of amides is 1. The van der Waals surface area contributed by atoms with Gasteiger partial charge in [-0.15, -0.1) is 0 Å². The second kappa shape index (κ2) is 10.1. The Hall–Kier alpha value is -4.37. The zero-order valence-corrected chi connectivity index (χ0v) is 17.5. The van der Waals surface area contributed by atoms with Gasteiger partial charge in [0.1, 0.15) is 5.82 Å². The molecule has 1 amide bonds. The van der Waals surface area contributed by atoms with E-state index in [0.717, 1.165) is 24.3 Å². The SMILES string of the molecule is O=C(NC(Cc1ccc(F)cc1)(C(=O)O)C(=O)O)c1ccc([N+](=O)[O-])c(OCC(F)(F)C(F)(F)F)c1. The van der Waals surface area contributed by atoms with Crippen LogP contribution in [0, 0.1) is 15.9 Å². The quantitative estimate of drug-likeness (QED) is 0.185. The van der Waals surface area contributed by atoms with Gasteiger partial charge in [0.15, 0.2) is 12.4 Å². The number of halogens is 6. The molecule has 16 heteroatoms. The van der Waals surface area contributed by atoms with Crippen molar-refractivity contribution in [2.75, 3.05) is 6.61 Å². The molecule has 0 fully saturated rings. The van der Waals surface area contributed by atoms with E-state index in [9.17, 15) is 61.1 Å². The van der Waals surface area contributed by atoms with Gasteiger partial charge in [-0.2, -0.15) is 22.0 Å². The van der Waals surface area contributed by atoms with Crippen molar-refractivity contribution in [3.8, 4) is 5.75 Å². The molecule has 36 heavy (non-hydrogen) atoms. The van der Waals surface area contributed by atoms with Crippen LogP contribution in [0.3, 0.4) is 0 Å². The number of ether oxygens (including phenoxy) is 1. The third kappa shape index (κ3) is 6.00. The minimum atomic E-state index is -6.06. The van der Waals surface area contributed by atoms with Crippen LogP contribution in [0.5, 0.6) is 5.75 Å². The van der Waals surface area contributed by atoms with Crippen LogP contribution in [-0.2, 0) is 16.0 Å². The topological polar surface area (TPSA) is 156 Å². The summed E-state index contributed by atoms with van der Waals surface area (Å²) >= 11 is 0. The predicted octanol–water partition coefficient (Wildman–Crippen LogP) is 3.19. The van der Waals surface area contributed by atoms with E-state index in [2.05, 4.69) is 4.74 Å². The van der Waals surface area contributed by atoms with Crippen LogP contribution in [-0.4, -0.2) is 57.2 Å². The monoisotopic (exact) mass is 524 g/mol. The van der Waals surface area contributed by atoms with Crippen LogP contribution in [0.25, 0.3) is 0 Å². The molecule has 0 heterocycles. The van der Waals surface area contributed by atoms with Crippen LogP contribution in [0.1, 0.15) is 15.9 Å². The first-order chi connectivity index (χ1) is 16.5. The second-order valence-electron chi connectivity index (χ2n) is 7.20. The van der Waals surface area contributed by atoms with E-state index in [1.165, 1.54) is 0 Å². The molecule has 0 saturated carbocycles. The van der Waals surface area contributed by atoms with Gasteiger partial charge in [0.05, 0.1) is 4.92 Å². The summed E-state index contributed by atoms with van der Waals surface area (Å²) in [6.07, 6.45) is -6.96. The Kier molecular flexibility index (Phi) is 7.81. The van der Waals surface area contributed by atoms with Gasteiger partial charge in [-0.25, -0.2) is 14.0 Å². The van der Waals surface area contributed by atoms with Crippen LogP contribution in [0.4, 0.5) is 32.0 Å². The van der Waals surface area contributed by atoms with Crippen molar-refractivity contribution in [2.24, 2.45) is 0 Å². The number of hydrogen-bond acceptors (Lipinski definition) is 6. The molecule has 0 spiro atoms. The van der Waals surface area contributed by atoms with Crippen LogP contribution >= 0.6 is 0 Å². The second-order valence-corrected chi connectivity index (χ2v) is 7.20. The number of nitrogens with one attached hydrogen (secondary N) is 1. The third-order valence-electron chi connectivity index (χ3n) is 4.68. The molecule has 2 aromatic carbocycles. The van der Waals surface area contributed by atoms with Crippen molar-refractivity contribution in [3.05, 3.63) is 69.5 Å². The van der Waals surface area contributed by atoms with Gasteiger partial charge in [-0.05, 0) is 23.8 Å². The van der Waals surface area contributed by atoms with Gasteiger partial charge in [0, 0.05) is 24.1 Å². The number of carboxylic acids is 2. The molecule has 2 aromatic rings. The van der Waals surface area contributed by atoms with E-state index in [-0.39, 0.29) is 5.56 Å². The zero-order valence-electron chi connectivity index (χ0n) is 17.5. The highest BCUT2D eigenvalue weighted by Crippen LogP contribution is 2.37. The molecule has 0 aliphatic carbocycles. The molecule has 3 N–H and O–H groups in total. The fraction of sp³-hybridized carbons (Fsp3) is 0.250. The van der Waals surface area contributed by atoms with E-state index >= 15 is 0 Å². The molecule has 0 aromatic heterocycles. The molecule has 0 aliphatic heterocycles. The molecule has 2 rings (SSSR count). The van der Waals surface area contributed by atoms with Crippen molar-refractivity contribution >= 4 is 23.5 Å². The Labute approximate surface area is 196 Å². The first-order valence-corrected chi connectivity index (χ1v) is 9.40. The van der Waals surface area contributed by atoms with Crippen molar-refractivity contribution < 1.29 is 60.6 Å². The first-order valence-electron chi connectivity index (χ1n) is 9.40. The molecule has 194 valence electrons. The summed E-state index contributed by atoms with van der Waals surface area (Å²) in [5, 5.41) is 31.9. The molecule has 0 aliphatic rings. The number of benzene rings is 2. The number of nitro groups is 1. The van der Waals surface area contributed by atoms with Crippen molar-refractivity contribution in [2.45, 2.75) is 24.1 Å². The summed E-state index contributed by atoms with van der Waals surface area (Å²) < 4.78 is 80.9. The lowest BCUT2D eigenvalue weighted by molar-refractivity contribution is -0.386. The van der Waals surface area contributed by atoms with Gasteiger partial charge in [0.2, 0.25) is 5.54 Å². The largest absolute Gasteiger partial charge is 0.480 e. The fourth-order valence-electron chi connectivity index (χ4n) is 2.74. The lowest BCUT2D eigenvalue weighted by atomic mass is 9.90. The van der Waals surface area contributed by atoms with Crippen molar-refractivity contribution in [3.63, 3.8) is 0 Å². The van der Waals surface area contributed by atoms with E-state index in [4.69, 9.17) is 0 Å². The molecule has 0 saturated heterocycles. The van der Waals surface area contributed by atoms with E-state index in [1.807, 2.05) is 0 Å². The molecular formula is C20H14F6N2O8. The Morgan fingerprint density at radius 2 is 1.53 bits per heavy atom. The fourth-order valence-corrected chi connectivity index (χ4v) is 2.74. The van der Waals surface area contributed by atoms with Gasteiger partial charge >= 0.3 is 29.7 Å². The highest BCUT2D eigenvalue weighted by Gasteiger charge is 2.58. The Morgan fingerprint density at radius 3 is 2.00 bits per heavy atom. The van der Waals surface area contributed by atoms with E-state index < -0.39 is 76.3 Å². The lowest BCUT2D eigenvalue weighted by Crippen LogP contribution is -2.61. The number of alkyl halides is 5. The highest BCUT2D eigenvalue weighted by molar-refractivity contribution is 6.09. The Morgan fingerprint density at radius 1 is 0.972 bits per heavy atom. The van der Waals surface area contributed by atoms with Gasteiger partial charge < -0.3 is 20.3 Å². The maximum atomic E-state index is 13.2. The number of carbonyl (C=O) groups excluding carboxylic acids is 1. The zero-order chi connectivity index (χ0) is 27.5. The molecule has 0 atom stereocenters. The van der Waals surface area contributed by atoms with Gasteiger partial charge in [-0.3, -0.25) is 14.9 Å². The average Bonchev–Trinajstić information content (AvgIpc) is 2.77. The molecule has 10 nitrogen and oxygen atoms in total. The van der Waals surface area contributed by atoms with Crippen LogP contribution in [0.2, 0.25) is 0 Å². The maximum absolute atomic E-state index is 13.2. The summed E-state index contributed by atoms with van der Waals surface area (Å²) in [5.74, 6) is -13.0. The number of aliphatic carboxylic acids is 2. The number of carbonyl (C=O) groups is 3. The van der Waals surface area contributed by atoms with Gasteiger partial charge in [-0.1, -0.05) is 12.1 Å².